The van der Waals surface area contributed by atoms with Crippen LogP contribution in [0.1, 0.15) is 23.2 Å². The molecule has 0 aromatic heterocycles. The number of hydrogen-bond acceptors (Lipinski definition) is 2. The number of phenolic OH excluding ortho intramolecular Hbond substituents is 1. The fourth-order valence-electron chi connectivity index (χ4n) is 2.13. The number of aromatic hydroxyl groups is 1. The van der Waals surface area contributed by atoms with Crippen molar-refractivity contribution in [1.82, 2.24) is 4.90 Å². The molecule has 0 saturated heterocycles. The van der Waals surface area contributed by atoms with Crippen LogP contribution in [0.2, 0.25) is 5.02 Å². The highest BCUT2D eigenvalue weighted by Gasteiger charge is 2.29. The van der Waals surface area contributed by atoms with E-state index in [2.05, 4.69) is 15.9 Å². The average Bonchev–Trinajstić information content (AvgIpc) is 2.29. The normalized spacial score (nSPS) is 22.4. The van der Waals surface area contributed by atoms with Crippen LogP contribution in [0.3, 0.4) is 0 Å². The third-order valence-corrected chi connectivity index (χ3v) is 4.30. The van der Waals surface area contributed by atoms with Gasteiger partial charge in [-0.25, -0.2) is 0 Å². The van der Waals surface area contributed by atoms with Crippen LogP contribution in [-0.4, -0.2) is 34.3 Å². The Balaban J connectivity index is 1.99. The lowest BCUT2D eigenvalue weighted by Gasteiger charge is -2.34. The first kappa shape index (κ1) is 13.7. The quantitative estimate of drug-likeness (QED) is 0.863. The molecule has 98 valence electrons. The van der Waals surface area contributed by atoms with E-state index in [0.29, 0.717) is 16.3 Å². The number of carbonyl (C=O) groups is 1. The second kappa shape index (κ2) is 5.49. The highest BCUT2D eigenvalue weighted by atomic mass is 79.9. The molecule has 1 fully saturated rings. The maximum absolute atomic E-state index is 12.1. The molecule has 0 spiro atoms. The van der Waals surface area contributed by atoms with Gasteiger partial charge in [-0.1, -0.05) is 27.5 Å². The van der Waals surface area contributed by atoms with Gasteiger partial charge >= 0.3 is 0 Å². The molecular formula is C13H15BrClNO2. The van der Waals surface area contributed by atoms with Crippen LogP contribution < -0.4 is 0 Å². The molecule has 1 amide bonds. The van der Waals surface area contributed by atoms with Crippen molar-refractivity contribution in [3.05, 3.63) is 28.8 Å². The molecule has 2 rings (SSSR count). The first-order valence-corrected chi connectivity index (χ1v) is 7.14. The molecule has 0 heterocycles. The van der Waals surface area contributed by atoms with Crippen LogP contribution in [-0.2, 0) is 0 Å². The summed E-state index contributed by atoms with van der Waals surface area (Å²) in [5.41, 5.74) is 0.509. The zero-order chi connectivity index (χ0) is 13.3. The van der Waals surface area contributed by atoms with Crippen LogP contribution in [0.5, 0.6) is 5.75 Å². The monoisotopic (exact) mass is 331 g/mol. The van der Waals surface area contributed by atoms with Crippen molar-refractivity contribution in [3.63, 3.8) is 0 Å². The van der Waals surface area contributed by atoms with Crippen molar-refractivity contribution in [1.29, 1.82) is 0 Å². The molecule has 0 bridgehead atoms. The summed E-state index contributed by atoms with van der Waals surface area (Å²) in [5.74, 6) is 0.517. The molecule has 1 saturated carbocycles. The molecule has 1 N–H and O–H groups in total. The number of alkyl halides is 1. The van der Waals surface area contributed by atoms with E-state index in [-0.39, 0.29) is 16.7 Å². The third-order valence-electron chi connectivity index (χ3n) is 3.25. The van der Waals surface area contributed by atoms with Crippen LogP contribution >= 0.6 is 27.5 Å². The van der Waals surface area contributed by atoms with Crippen LogP contribution in [0.4, 0.5) is 0 Å². The summed E-state index contributed by atoms with van der Waals surface area (Å²) in [6, 6.07) is 4.54. The van der Waals surface area contributed by atoms with Gasteiger partial charge in [0.05, 0.1) is 5.02 Å². The maximum Gasteiger partial charge on any atom is 0.253 e. The number of rotatable bonds is 3. The molecule has 1 aromatic rings. The highest BCUT2D eigenvalue weighted by Crippen LogP contribution is 2.34. The molecule has 5 heteroatoms. The molecule has 1 aliphatic carbocycles. The summed E-state index contributed by atoms with van der Waals surface area (Å²) in [7, 11) is 1.80. The van der Waals surface area contributed by atoms with E-state index in [1.807, 2.05) is 0 Å². The summed E-state index contributed by atoms with van der Waals surface area (Å²) in [6.45, 7) is 0.763. The Hall–Kier alpha value is -0.740. The molecule has 0 aliphatic heterocycles. The molecule has 0 atom stereocenters. The van der Waals surface area contributed by atoms with E-state index in [0.717, 1.165) is 19.4 Å². The SMILES string of the molecule is CN(CC1CC(Br)C1)C(=O)c1ccc(O)c(Cl)c1. The van der Waals surface area contributed by atoms with Crippen LogP contribution in [0.25, 0.3) is 0 Å². The van der Waals surface area contributed by atoms with Crippen molar-refractivity contribution in [3.8, 4) is 5.75 Å². The first-order valence-electron chi connectivity index (χ1n) is 5.85. The predicted molar refractivity (Wildman–Crippen MR) is 75.5 cm³/mol. The Morgan fingerprint density at radius 2 is 2.22 bits per heavy atom. The van der Waals surface area contributed by atoms with E-state index in [9.17, 15) is 9.90 Å². The van der Waals surface area contributed by atoms with Crippen molar-refractivity contribution < 1.29 is 9.90 Å². The molecule has 1 aliphatic rings. The van der Waals surface area contributed by atoms with E-state index < -0.39 is 0 Å². The molecule has 1 aromatic carbocycles. The standard InChI is InChI=1S/C13H15BrClNO2/c1-16(7-8-4-10(14)5-8)13(18)9-2-3-12(17)11(15)6-9/h2-3,6,8,10,17H,4-5,7H2,1H3. The van der Waals surface area contributed by atoms with Crippen molar-refractivity contribution in [2.75, 3.05) is 13.6 Å². The summed E-state index contributed by atoms with van der Waals surface area (Å²) < 4.78 is 0. The van der Waals surface area contributed by atoms with Gasteiger partial charge in [-0.3, -0.25) is 4.79 Å². The summed E-state index contributed by atoms with van der Waals surface area (Å²) in [6.07, 6.45) is 2.24. The topological polar surface area (TPSA) is 40.5 Å². The van der Waals surface area contributed by atoms with Crippen LogP contribution in [0.15, 0.2) is 18.2 Å². The van der Waals surface area contributed by atoms with Crippen molar-refractivity contribution in [2.45, 2.75) is 17.7 Å². The van der Waals surface area contributed by atoms with Crippen LogP contribution in [0, 0.1) is 5.92 Å². The Bertz CT molecular complexity index is 460. The largest absolute Gasteiger partial charge is 0.506 e. The number of carbonyl (C=O) groups excluding carboxylic acids is 1. The highest BCUT2D eigenvalue weighted by molar-refractivity contribution is 9.09. The van der Waals surface area contributed by atoms with E-state index >= 15 is 0 Å². The number of amides is 1. The average molecular weight is 333 g/mol. The summed E-state index contributed by atoms with van der Waals surface area (Å²) in [5, 5.41) is 9.53. The molecule has 3 nitrogen and oxygen atoms in total. The summed E-state index contributed by atoms with van der Waals surface area (Å²) in [4.78, 5) is 14.5. The van der Waals surface area contributed by atoms with E-state index in [1.165, 1.54) is 12.1 Å². The zero-order valence-electron chi connectivity index (χ0n) is 10.1. The third kappa shape index (κ3) is 2.98. The van der Waals surface area contributed by atoms with Gasteiger partial charge in [0.15, 0.2) is 0 Å². The zero-order valence-corrected chi connectivity index (χ0v) is 12.4. The van der Waals surface area contributed by atoms with Crippen molar-refractivity contribution in [2.24, 2.45) is 5.92 Å². The maximum atomic E-state index is 12.1. The minimum Gasteiger partial charge on any atom is -0.506 e. The minimum absolute atomic E-state index is 0.00278. The molecule has 0 radical (unpaired) electrons. The summed E-state index contributed by atoms with van der Waals surface area (Å²) >= 11 is 9.34. The Labute approximate surface area is 120 Å². The smallest absolute Gasteiger partial charge is 0.253 e. The van der Waals surface area contributed by atoms with Gasteiger partial charge in [0, 0.05) is 24.0 Å². The minimum atomic E-state index is -0.0603. The number of nitrogens with zero attached hydrogens (tertiary/aromatic N) is 1. The predicted octanol–water partition coefficient (Wildman–Crippen LogP) is 3.29. The number of halogens is 2. The Morgan fingerprint density at radius 1 is 1.56 bits per heavy atom. The first-order chi connectivity index (χ1) is 8.47. The van der Waals surface area contributed by atoms with Gasteiger partial charge in [0.25, 0.3) is 5.91 Å². The lowest BCUT2D eigenvalue weighted by molar-refractivity contribution is 0.0749. The van der Waals surface area contributed by atoms with Gasteiger partial charge < -0.3 is 10.0 Å². The second-order valence-electron chi connectivity index (χ2n) is 4.79. The lowest BCUT2D eigenvalue weighted by atomic mass is 9.85. The molecular weight excluding hydrogens is 318 g/mol. The van der Waals surface area contributed by atoms with Gasteiger partial charge in [-0.05, 0) is 37.0 Å². The molecule has 0 unspecified atom stereocenters. The van der Waals surface area contributed by atoms with E-state index in [4.69, 9.17) is 11.6 Å². The van der Waals surface area contributed by atoms with Gasteiger partial charge in [0.2, 0.25) is 0 Å². The number of phenols is 1. The lowest BCUT2D eigenvalue weighted by Crippen LogP contribution is -2.37. The number of hydrogen-bond donors (Lipinski definition) is 1. The van der Waals surface area contributed by atoms with Gasteiger partial charge in [-0.15, -0.1) is 0 Å². The fourth-order valence-corrected chi connectivity index (χ4v) is 3.37. The van der Waals surface area contributed by atoms with Gasteiger partial charge in [0.1, 0.15) is 5.75 Å². The molecule has 18 heavy (non-hydrogen) atoms. The van der Waals surface area contributed by atoms with Gasteiger partial charge in [-0.2, -0.15) is 0 Å². The Kier molecular flexibility index (Phi) is 4.17. The fraction of sp³-hybridized carbons (Fsp3) is 0.462. The Morgan fingerprint density at radius 3 is 2.78 bits per heavy atom. The second-order valence-corrected chi connectivity index (χ2v) is 6.49. The van der Waals surface area contributed by atoms with Crippen molar-refractivity contribution >= 4 is 33.4 Å². The van der Waals surface area contributed by atoms with E-state index in [1.54, 1.807) is 18.0 Å². The number of benzene rings is 1.